The monoisotopic (exact) mass is 418 g/mol. The summed E-state index contributed by atoms with van der Waals surface area (Å²) < 4.78 is 10.8. The molecular formula is C23H38N4O3+2. The summed E-state index contributed by atoms with van der Waals surface area (Å²) in [5.41, 5.74) is 1.63. The lowest BCUT2D eigenvalue weighted by Crippen LogP contribution is -3.29. The van der Waals surface area contributed by atoms with Gasteiger partial charge in [0.05, 0.1) is 20.3 Å². The lowest BCUT2D eigenvalue weighted by Gasteiger charge is -2.35. The molecule has 0 unspecified atom stereocenters. The smallest absolute Gasteiger partial charge is 0.279 e. The summed E-state index contributed by atoms with van der Waals surface area (Å²) in [5, 5.41) is 12.4. The molecule has 0 saturated carbocycles. The number of quaternary nitrogens is 2. The summed E-state index contributed by atoms with van der Waals surface area (Å²) in [6.07, 6.45) is 0. The summed E-state index contributed by atoms with van der Waals surface area (Å²) in [5.74, 6) is 1.54. The summed E-state index contributed by atoms with van der Waals surface area (Å²) in [7, 11) is 3.32. The number of ether oxygens (including phenoxy) is 2. The van der Waals surface area contributed by atoms with E-state index in [1.54, 1.807) is 21.1 Å². The largest absolute Gasteiger partial charge is 0.493 e. The first-order valence-corrected chi connectivity index (χ1v) is 10.8. The molecule has 2 atom stereocenters. The Morgan fingerprint density at radius 2 is 1.73 bits per heavy atom. The molecule has 1 aromatic carbocycles. The molecule has 30 heavy (non-hydrogen) atoms. The van der Waals surface area contributed by atoms with Crippen LogP contribution in [-0.4, -0.2) is 57.9 Å². The van der Waals surface area contributed by atoms with E-state index in [-0.39, 0.29) is 17.9 Å². The van der Waals surface area contributed by atoms with Crippen LogP contribution in [0.1, 0.15) is 38.8 Å². The van der Waals surface area contributed by atoms with Crippen molar-refractivity contribution in [1.82, 2.24) is 5.32 Å². The van der Waals surface area contributed by atoms with Crippen LogP contribution in [0.3, 0.4) is 0 Å². The number of hydrogen-bond donors (Lipinski definition) is 3. The number of hydrogen-bond acceptors (Lipinski definition) is 4. The Hall–Kier alpha value is -2.30. The molecule has 2 rings (SSSR count). The van der Waals surface area contributed by atoms with E-state index in [1.807, 2.05) is 26.8 Å². The molecule has 1 aliphatic rings. The van der Waals surface area contributed by atoms with Crippen molar-refractivity contribution < 1.29 is 24.1 Å². The van der Waals surface area contributed by atoms with Gasteiger partial charge in [-0.25, -0.2) is 0 Å². The van der Waals surface area contributed by atoms with Crippen molar-refractivity contribution >= 4 is 5.91 Å². The Kier molecular flexibility index (Phi) is 8.10. The van der Waals surface area contributed by atoms with E-state index in [9.17, 15) is 10.1 Å². The number of carbonyl (C=O) groups excluding carboxylic acids is 1. The molecule has 7 nitrogen and oxygen atoms in total. The first kappa shape index (κ1) is 24.0. The number of benzene rings is 1. The number of carbonyl (C=O) groups is 1. The van der Waals surface area contributed by atoms with Crippen LogP contribution < -0.4 is 24.6 Å². The SMILES string of the molecule is COc1cc(C)c(C[NH+]2CC[NH+]([C@@H](C)C(=O)N[C@@](C)(C#N)C(C)C)CC2)cc1OC. The number of piperazine rings is 1. The van der Waals surface area contributed by atoms with Crippen molar-refractivity contribution in [2.45, 2.75) is 52.7 Å². The molecule has 0 aromatic heterocycles. The van der Waals surface area contributed by atoms with Crippen LogP contribution in [0.15, 0.2) is 12.1 Å². The molecule has 3 N–H and O–H groups in total. The lowest BCUT2D eigenvalue weighted by molar-refractivity contribution is -1.02. The maximum atomic E-state index is 12.8. The van der Waals surface area contributed by atoms with Crippen LogP contribution in [0.4, 0.5) is 0 Å². The second-order valence-electron chi connectivity index (χ2n) is 8.90. The Morgan fingerprint density at radius 3 is 2.23 bits per heavy atom. The lowest BCUT2D eigenvalue weighted by atomic mass is 9.89. The minimum atomic E-state index is -0.831. The first-order valence-electron chi connectivity index (χ1n) is 10.8. The zero-order chi connectivity index (χ0) is 22.5. The Bertz CT molecular complexity index is 781. The summed E-state index contributed by atoms with van der Waals surface area (Å²) >= 11 is 0. The minimum Gasteiger partial charge on any atom is -0.493 e. The highest BCUT2D eigenvalue weighted by molar-refractivity contribution is 5.81. The highest BCUT2D eigenvalue weighted by Gasteiger charge is 2.36. The average molecular weight is 419 g/mol. The van der Waals surface area contributed by atoms with Gasteiger partial charge in [-0.3, -0.25) is 4.79 Å². The Morgan fingerprint density at radius 1 is 1.17 bits per heavy atom. The van der Waals surface area contributed by atoms with Gasteiger partial charge in [0.1, 0.15) is 38.3 Å². The van der Waals surface area contributed by atoms with Crippen molar-refractivity contribution in [1.29, 1.82) is 5.26 Å². The molecule has 1 fully saturated rings. The highest BCUT2D eigenvalue weighted by Crippen LogP contribution is 2.29. The zero-order valence-corrected chi connectivity index (χ0v) is 19.5. The van der Waals surface area contributed by atoms with Crippen LogP contribution in [0.25, 0.3) is 0 Å². The molecule has 1 saturated heterocycles. The van der Waals surface area contributed by atoms with Crippen LogP contribution in [0.5, 0.6) is 11.5 Å². The second kappa shape index (κ2) is 10.1. The van der Waals surface area contributed by atoms with Gasteiger partial charge in [-0.05, 0) is 44.4 Å². The average Bonchev–Trinajstić information content (AvgIpc) is 2.74. The topological polar surface area (TPSA) is 80.2 Å². The predicted molar refractivity (Wildman–Crippen MR) is 116 cm³/mol. The molecule has 1 aliphatic heterocycles. The summed E-state index contributed by atoms with van der Waals surface area (Å²) in [4.78, 5) is 15.5. The number of nitriles is 1. The summed E-state index contributed by atoms with van der Waals surface area (Å²) in [6.45, 7) is 14.6. The van der Waals surface area contributed by atoms with Crippen molar-refractivity contribution in [3.05, 3.63) is 23.3 Å². The van der Waals surface area contributed by atoms with E-state index in [4.69, 9.17) is 9.47 Å². The number of nitrogens with one attached hydrogen (secondary N) is 3. The van der Waals surface area contributed by atoms with E-state index < -0.39 is 5.54 Å². The third-order valence-electron chi connectivity index (χ3n) is 6.66. The fourth-order valence-electron chi connectivity index (χ4n) is 3.87. The fraction of sp³-hybridized carbons (Fsp3) is 0.652. The number of methoxy groups -OCH3 is 2. The van der Waals surface area contributed by atoms with Crippen molar-refractivity contribution in [2.75, 3.05) is 40.4 Å². The standard InChI is InChI=1S/C23H36N4O3/c1-16(2)23(5,15-24)25-22(28)18(4)27-10-8-26(9-11-27)14-19-13-21(30-7)20(29-6)12-17(19)3/h12-13,16,18H,8-11,14H2,1-7H3,(H,25,28)/p+2/t18-,23-/m0/s1. The maximum absolute atomic E-state index is 12.8. The molecule has 166 valence electrons. The van der Waals surface area contributed by atoms with E-state index in [2.05, 4.69) is 24.4 Å². The number of aryl methyl sites for hydroxylation is 1. The third-order valence-corrected chi connectivity index (χ3v) is 6.66. The second-order valence-corrected chi connectivity index (χ2v) is 8.90. The van der Waals surface area contributed by atoms with Crippen molar-refractivity contribution in [2.24, 2.45) is 5.92 Å². The van der Waals surface area contributed by atoms with Crippen LogP contribution in [0.2, 0.25) is 0 Å². The van der Waals surface area contributed by atoms with Gasteiger partial charge < -0.3 is 24.6 Å². The van der Waals surface area contributed by atoms with Crippen molar-refractivity contribution in [3.63, 3.8) is 0 Å². The van der Waals surface area contributed by atoms with Gasteiger partial charge in [-0.2, -0.15) is 5.26 Å². The normalized spacial score (nSPS) is 22.0. The Balaban J connectivity index is 1.95. The van der Waals surface area contributed by atoms with Crippen LogP contribution in [0, 0.1) is 24.2 Å². The van der Waals surface area contributed by atoms with Gasteiger partial charge in [-0.1, -0.05) is 13.8 Å². The van der Waals surface area contributed by atoms with Gasteiger partial charge in [0.15, 0.2) is 17.5 Å². The molecule has 7 heteroatoms. The highest BCUT2D eigenvalue weighted by atomic mass is 16.5. The zero-order valence-electron chi connectivity index (χ0n) is 19.5. The molecule has 0 aliphatic carbocycles. The molecule has 1 aromatic rings. The van der Waals surface area contributed by atoms with E-state index in [1.165, 1.54) is 20.9 Å². The number of nitrogens with zero attached hydrogens (tertiary/aromatic N) is 1. The molecule has 1 amide bonds. The van der Waals surface area contributed by atoms with Gasteiger partial charge in [-0.15, -0.1) is 0 Å². The van der Waals surface area contributed by atoms with Crippen molar-refractivity contribution in [3.8, 4) is 17.6 Å². The quantitative estimate of drug-likeness (QED) is 0.543. The molecule has 1 heterocycles. The molecular weight excluding hydrogens is 380 g/mol. The van der Waals surface area contributed by atoms with Crippen LogP contribution >= 0.6 is 0 Å². The number of rotatable bonds is 8. The number of amides is 1. The first-order chi connectivity index (χ1) is 14.1. The van der Waals surface area contributed by atoms with Crippen LogP contribution in [-0.2, 0) is 11.3 Å². The van der Waals surface area contributed by atoms with Gasteiger partial charge in [0.25, 0.3) is 5.91 Å². The fourth-order valence-corrected chi connectivity index (χ4v) is 3.87. The minimum absolute atomic E-state index is 0.0399. The van der Waals surface area contributed by atoms with Gasteiger partial charge >= 0.3 is 0 Å². The predicted octanol–water partition coefficient (Wildman–Crippen LogP) is -0.261. The third kappa shape index (κ3) is 5.44. The molecule has 0 radical (unpaired) electrons. The van der Waals surface area contributed by atoms with E-state index in [0.29, 0.717) is 0 Å². The van der Waals surface area contributed by atoms with Gasteiger partial charge in [0.2, 0.25) is 0 Å². The van der Waals surface area contributed by atoms with Gasteiger partial charge in [0, 0.05) is 5.56 Å². The summed E-state index contributed by atoms with van der Waals surface area (Å²) in [6, 6.07) is 6.20. The maximum Gasteiger partial charge on any atom is 0.279 e. The van der Waals surface area contributed by atoms with E-state index in [0.717, 1.165) is 44.2 Å². The molecule has 0 spiro atoms. The Labute approximate surface area is 180 Å². The molecule has 0 bridgehead atoms. The van der Waals surface area contributed by atoms with E-state index >= 15 is 0 Å².